The Kier molecular flexibility index (Phi) is 4.63. The molecule has 5 nitrogen and oxygen atoms in total. The van der Waals surface area contributed by atoms with Crippen LogP contribution in [-0.4, -0.2) is 24.7 Å². The molecule has 6 heteroatoms. The lowest BCUT2D eigenvalue weighted by molar-refractivity contribution is -0.132. The topological polar surface area (TPSA) is 73.6 Å². The van der Waals surface area contributed by atoms with Crippen LogP contribution in [0.5, 0.6) is 5.75 Å². The van der Waals surface area contributed by atoms with Gasteiger partial charge in [-0.15, -0.1) is 0 Å². The van der Waals surface area contributed by atoms with E-state index in [2.05, 4.69) is 5.43 Å². The highest BCUT2D eigenvalue weighted by Gasteiger charge is 2.30. The van der Waals surface area contributed by atoms with E-state index in [9.17, 15) is 4.79 Å². The smallest absolute Gasteiger partial charge is 0.263 e. The fourth-order valence-electron chi connectivity index (χ4n) is 2.01. The predicted molar refractivity (Wildman–Crippen MR) is 71.9 cm³/mol. The first-order chi connectivity index (χ1) is 9.10. The maximum absolute atomic E-state index is 11.3. The van der Waals surface area contributed by atoms with E-state index in [0.717, 1.165) is 17.7 Å². The van der Waals surface area contributed by atoms with Crippen molar-refractivity contribution in [2.24, 2.45) is 5.84 Å². The molecule has 2 atom stereocenters. The summed E-state index contributed by atoms with van der Waals surface area (Å²) in [5.74, 6) is 5.53. The van der Waals surface area contributed by atoms with E-state index in [1.807, 2.05) is 19.1 Å². The average molecular weight is 285 g/mol. The van der Waals surface area contributed by atoms with Crippen molar-refractivity contribution in [1.29, 1.82) is 0 Å². The lowest BCUT2D eigenvalue weighted by atomic mass is 10.2. The first-order valence-corrected chi connectivity index (χ1v) is 6.53. The standard InChI is InChI=1S/C13H17ClN2O3/c1-8-6-9(2-4-11(8)14)18-7-10-3-5-12(19-10)13(17)16-15/h2,4,6,10,12H,3,5,7,15H2,1H3,(H,16,17). The van der Waals surface area contributed by atoms with Gasteiger partial charge in [-0.05, 0) is 43.5 Å². The number of hydrazine groups is 1. The maximum Gasteiger partial charge on any atom is 0.263 e. The molecule has 1 aliphatic rings. The molecular formula is C13H17ClN2O3. The van der Waals surface area contributed by atoms with Gasteiger partial charge in [0.15, 0.2) is 0 Å². The summed E-state index contributed by atoms with van der Waals surface area (Å²) < 4.78 is 11.2. The van der Waals surface area contributed by atoms with E-state index >= 15 is 0 Å². The normalized spacial score (nSPS) is 22.3. The summed E-state index contributed by atoms with van der Waals surface area (Å²) in [4.78, 5) is 11.3. The molecule has 0 saturated carbocycles. The molecule has 1 aliphatic heterocycles. The molecular weight excluding hydrogens is 268 g/mol. The lowest BCUT2D eigenvalue weighted by Gasteiger charge is -2.14. The third-order valence-electron chi connectivity index (χ3n) is 3.11. The van der Waals surface area contributed by atoms with Crippen LogP contribution in [0, 0.1) is 6.92 Å². The number of nitrogens with one attached hydrogen (secondary N) is 1. The molecule has 1 aromatic carbocycles. The van der Waals surface area contributed by atoms with Gasteiger partial charge in [-0.1, -0.05) is 11.6 Å². The highest BCUT2D eigenvalue weighted by Crippen LogP contribution is 2.24. The summed E-state index contributed by atoms with van der Waals surface area (Å²) in [6, 6.07) is 5.49. The summed E-state index contributed by atoms with van der Waals surface area (Å²) in [7, 11) is 0. The number of nitrogens with two attached hydrogens (primary N) is 1. The Bertz CT molecular complexity index is 467. The number of aryl methyl sites for hydroxylation is 1. The van der Waals surface area contributed by atoms with Crippen LogP contribution in [-0.2, 0) is 9.53 Å². The number of halogens is 1. The van der Waals surface area contributed by atoms with Crippen molar-refractivity contribution in [3.63, 3.8) is 0 Å². The van der Waals surface area contributed by atoms with Gasteiger partial charge in [0.2, 0.25) is 0 Å². The number of ether oxygens (including phenoxy) is 2. The minimum atomic E-state index is -0.467. The quantitative estimate of drug-likeness (QED) is 0.500. The van der Waals surface area contributed by atoms with Crippen LogP contribution < -0.4 is 16.0 Å². The third kappa shape index (κ3) is 3.59. The Balaban J connectivity index is 1.83. The Morgan fingerprint density at radius 2 is 2.37 bits per heavy atom. The number of hydrogen-bond donors (Lipinski definition) is 2. The third-order valence-corrected chi connectivity index (χ3v) is 3.53. The van der Waals surface area contributed by atoms with Gasteiger partial charge in [-0.2, -0.15) is 0 Å². The molecule has 0 spiro atoms. The van der Waals surface area contributed by atoms with E-state index in [-0.39, 0.29) is 12.0 Å². The molecule has 0 radical (unpaired) electrons. The average Bonchev–Trinajstić information content (AvgIpc) is 2.88. The SMILES string of the molecule is Cc1cc(OCC2CCC(C(=O)NN)O2)ccc1Cl. The van der Waals surface area contributed by atoms with Gasteiger partial charge in [-0.3, -0.25) is 10.2 Å². The van der Waals surface area contributed by atoms with E-state index in [0.29, 0.717) is 18.1 Å². The van der Waals surface area contributed by atoms with Gasteiger partial charge in [0.05, 0.1) is 6.10 Å². The van der Waals surface area contributed by atoms with Crippen LogP contribution in [0.4, 0.5) is 0 Å². The first-order valence-electron chi connectivity index (χ1n) is 6.15. The van der Waals surface area contributed by atoms with E-state index < -0.39 is 6.10 Å². The van der Waals surface area contributed by atoms with Crippen molar-refractivity contribution < 1.29 is 14.3 Å². The molecule has 0 aliphatic carbocycles. The maximum atomic E-state index is 11.3. The van der Waals surface area contributed by atoms with Crippen LogP contribution in [0.15, 0.2) is 18.2 Å². The Morgan fingerprint density at radius 1 is 1.58 bits per heavy atom. The number of rotatable bonds is 4. The summed E-state index contributed by atoms with van der Waals surface area (Å²) in [6.45, 7) is 2.33. The summed E-state index contributed by atoms with van der Waals surface area (Å²) in [5, 5.41) is 0.712. The Hall–Kier alpha value is -1.30. The van der Waals surface area contributed by atoms with Crippen molar-refractivity contribution in [3.8, 4) is 5.75 Å². The number of amides is 1. The van der Waals surface area contributed by atoms with Crippen molar-refractivity contribution in [3.05, 3.63) is 28.8 Å². The van der Waals surface area contributed by atoms with Gasteiger partial charge >= 0.3 is 0 Å². The minimum Gasteiger partial charge on any atom is -0.491 e. The molecule has 1 amide bonds. The molecule has 19 heavy (non-hydrogen) atoms. The molecule has 3 N–H and O–H groups in total. The Morgan fingerprint density at radius 3 is 3.05 bits per heavy atom. The highest BCUT2D eigenvalue weighted by atomic mass is 35.5. The molecule has 2 unspecified atom stereocenters. The van der Waals surface area contributed by atoms with Gasteiger partial charge in [0.25, 0.3) is 5.91 Å². The second kappa shape index (κ2) is 6.23. The van der Waals surface area contributed by atoms with Crippen LogP contribution in [0.25, 0.3) is 0 Å². The summed E-state index contributed by atoms with van der Waals surface area (Å²) in [5.41, 5.74) is 3.06. The predicted octanol–water partition coefficient (Wildman–Crippen LogP) is 1.56. The fourth-order valence-corrected chi connectivity index (χ4v) is 2.13. The Labute approximate surface area is 117 Å². The van der Waals surface area contributed by atoms with E-state index in [4.69, 9.17) is 26.9 Å². The number of hydrogen-bond acceptors (Lipinski definition) is 4. The van der Waals surface area contributed by atoms with Crippen molar-refractivity contribution >= 4 is 17.5 Å². The van der Waals surface area contributed by atoms with Crippen molar-refractivity contribution in [2.45, 2.75) is 32.0 Å². The summed E-state index contributed by atoms with van der Waals surface area (Å²) >= 11 is 5.94. The lowest BCUT2D eigenvalue weighted by Crippen LogP contribution is -2.39. The van der Waals surface area contributed by atoms with E-state index in [1.54, 1.807) is 6.07 Å². The van der Waals surface area contributed by atoms with Crippen molar-refractivity contribution in [1.82, 2.24) is 5.43 Å². The molecule has 2 rings (SSSR count). The second-order valence-corrected chi connectivity index (χ2v) is 4.96. The molecule has 0 bridgehead atoms. The van der Waals surface area contributed by atoms with E-state index in [1.165, 1.54) is 0 Å². The number of carbonyl (C=O) groups is 1. The number of benzene rings is 1. The largest absolute Gasteiger partial charge is 0.491 e. The van der Waals surface area contributed by atoms with Gasteiger partial charge in [-0.25, -0.2) is 5.84 Å². The van der Waals surface area contributed by atoms with Crippen LogP contribution in [0.2, 0.25) is 5.02 Å². The zero-order valence-corrected chi connectivity index (χ0v) is 11.4. The summed E-state index contributed by atoms with van der Waals surface area (Å²) in [6.07, 6.45) is 0.894. The monoisotopic (exact) mass is 284 g/mol. The molecule has 1 saturated heterocycles. The van der Waals surface area contributed by atoms with Crippen molar-refractivity contribution in [2.75, 3.05) is 6.61 Å². The zero-order chi connectivity index (χ0) is 13.8. The fraction of sp³-hybridized carbons (Fsp3) is 0.462. The molecule has 1 heterocycles. The van der Waals surface area contributed by atoms with Crippen LogP contribution in [0.1, 0.15) is 18.4 Å². The number of carbonyl (C=O) groups excluding carboxylic acids is 1. The second-order valence-electron chi connectivity index (χ2n) is 4.55. The minimum absolute atomic E-state index is 0.0849. The van der Waals surface area contributed by atoms with Crippen LogP contribution in [0.3, 0.4) is 0 Å². The molecule has 0 aromatic heterocycles. The molecule has 1 fully saturated rings. The molecule has 1 aromatic rings. The first kappa shape index (κ1) is 14.1. The molecule has 104 valence electrons. The van der Waals surface area contributed by atoms with Gasteiger partial charge in [0, 0.05) is 5.02 Å². The zero-order valence-electron chi connectivity index (χ0n) is 10.7. The van der Waals surface area contributed by atoms with Gasteiger partial charge < -0.3 is 9.47 Å². The van der Waals surface area contributed by atoms with Gasteiger partial charge in [0.1, 0.15) is 18.5 Å². The highest BCUT2D eigenvalue weighted by molar-refractivity contribution is 6.31. The van der Waals surface area contributed by atoms with Crippen LogP contribution >= 0.6 is 11.6 Å².